The lowest BCUT2D eigenvalue weighted by Gasteiger charge is -2.00. The topological polar surface area (TPSA) is 35.8 Å². The maximum atomic E-state index is 8.53. The predicted molar refractivity (Wildman–Crippen MR) is 48.2 cm³/mol. The minimum absolute atomic E-state index is 0.702. The molecule has 0 atom stereocenters. The first-order chi connectivity index (χ1) is 5.86. The van der Waals surface area contributed by atoms with Gasteiger partial charge in [0.1, 0.15) is 0 Å². The van der Waals surface area contributed by atoms with Gasteiger partial charge < -0.3 is 5.32 Å². The lowest BCUT2D eigenvalue weighted by molar-refractivity contribution is 0.758. The first-order valence-electron chi connectivity index (χ1n) is 3.86. The summed E-state index contributed by atoms with van der Waals surface area (Å²) < 4.78 is 0. The van der Waals surface area contributed by atoms with Crippen LogP contribution in [-0.4, -0.2) is 6.54 Å². The summed E-state index contributed by atoms with van der Waals surface area (Å²) in [5.74, 6) is 0. The van der Waals surface area contributed by atoms with Gasteiger partial charge in [-0.3, -0.25) is 0 Å². The number of nitriles is 1. The molecule has 0 fully saturated rings. The van der Waals surface area contributed by atoms with Gasteiger partial charge in [-0.2, -0.15) is 5.26 Å². The van der Waals surface area contributed by atoms with Crippen molar-refractivity contribution < 1.29 is 0 Å². The van der Waals surface area contributed by atoms with Gasteiger partial charge in [0.25, 0.3) is 0 Å². The number of benzene rings is 1. The molecule has 1 aromatic rings. The van der Waals surface area contributed by atoms with Crippen molar-refractivity contribution in [3.05, 3.63) is 42.3 Å². The molecule has 1 aromatic carbocycles. The summed E-state index contributed by atoms with van der Waals surface area (Å²) in [5, 5.41) is 11.6. The van der Waals surface area contributed by atoms with Crippen LogP contribution in [0.2, 0.25) is 0 Å². The lowest BCUT2D eigenvalue weighted by Crippen LogP contribution is -2.11. The van der Waals surface area contributed by atoms with Crippen molar-refractivity contribution in [3.63, 3.8) is 0 Å². The molecule has 0 amide bonds. The molecule has 0 heterocycles. The molecule has 2 heteroatoms. The summed E-state index contributed by atoms with van der Waals surface area (Å²) in [6.45, 7) is 5.21. The Morgan fingerprint density at radius 3 is 2.50 bits per heavy atom. The van der Waals surface area contributed by atoms with Crippen LogP contribution in [0.4, 0.5) is 0 Å². The van der Waals surface area contributed by atoms with Crippen molar-refractivity contribution in [2.24, 2.45) is 0 Å². The zero-order valence-electron chi connectivity index (χ0n) is 6.88. The molecule has 0 unspecified atom stereocenters. The highest BCUT2D eigenvalue weighted by atomic mass is 14.8. The standard InChI is InChI=1S/C10H11N2/c1-2-12-8-10-5-3-9(7-11)4-6-10/h3-6,12H,1-2,8H2. The van der Waals surface area contributed by atoms with Gasteiger partial charge in [0.05, 0.1) is 11.6 Å². The van der Waals surface area contributed by atoms with Gasteiger partial charge in [-0.15, -0.1) is 0 Å². The van der Waals surface area contributed by atoms with Crippen molar-refractivity contribution in [2.75, 3.05) is 6.54 Å². The summed E-state index contributed by atoms with van der Waals surface area (Å²) >= 11 is 0. The summed E-state index contributed by atoms with van der Waals surface area (Å²) in [6, 6.07) is 9.61. The Morgan fingerprint density at radius 2 is 2.00 bits per heavy atom. The van der Waals surface area contributed by atoms with E-state index in [2.05, 4.69) is 18.3 Å². The normalized spacial score (nSPS) is 9.33. The van der Waals surface area contributed by atoms with Crippen molar-refractivity contribution in [1.82, 2.24) is 5.32 Å². The van der Waals surface area contributed by atoms with Gasteiger partial charge in [0.15, 0.2) is 0 Å². The summed E-state index contributed by atoms with van der Waals surface area (Å²) in [7, 11) is 0. The van der Waals surface area contributed by atoms with Gasteiger partial charge in [0, 0.05) is 6.54 Å². The largest absolute Gasteiger partial charge is 0.313 e. The third kappa shape index (κ3) is 2.37. The molecule has 1 rings (SSSR count). The maximum absolute atomic E-state index is 8.53. The van der Waals surface area contributed by atoms with Crippen LogP contribution < -0.4 is 5.32 Å². The number of hydrogen-bond donors (Lipinski definition) is 1. The first kappa shape index (κ1) is 8.76. The zero-order valence-corrected chi connectivity index (χ0v) is 6.88. The summed E-state index contributed by atoms with van der Waals surface area (Å²) in [6.07, 6.45) is 0. The highest BCUT2D eigenvalue weighted by Crippen LogP contribution is 2.02. The van der Waals surface area contributed by atoms with Crippen molar-refractivity contribution in [3.8, 4) is 6.07 Å². The molecule has 0 aliphatic heterocycles. The predicted octanol–water partition coefficient (Wildman–Crippen LogP) is 1.48. The molecule has 0 aliphatic rings. The zero-order chi connectivity index (χ0) is 8.81. The van der Waals surface area contributed by atoms with E-state index in [1.165, 1.54) is 5.56 Å². The summed E-state index contributed by atoms with van der Waals surface area (Å²) in [4.78, 5) is 0. The molecule has 12 heavy (non-hydrogen) atoms. The van der Waals surface area contributed by atoms with Gasteiger partial charge in [-0.25, -0.2) is 0 Å². The molecule has 2 nitrogen and oxygen atoms in total. The molecule has 0 saturated carbocycles. The van der Waals surface area contributed by atoms with E-state index < -0.39 is 0 Å². The van der Waals surface area contributed by atoms with E-state index in [9.17, 15) is 0 Å². The Kier molecular flexibility index (Phi) is 3.31. The van der Waals surface area contributed by atoms with Crippen LogP contribution >= 0.6 is 0 Å². The highest BCUT2D eigenvalue weighted by Gasteiger charge is 1.91. The third-order valence-electron chi connectivity index (χ3n) is 1.59. The quantitative estimate of drug-likeness (QED) is 0.725. The van der Waals surface area contributed by atoms with Crippen LogP contribution in [0.5, 0.6) is 0 Å². The van der Waals surface area contributed by atoms with Crippen LogP contribution in [0.3, 0.4) is 0 Å². The smallest absolute Gasteiger partial charge is 0.0991 e. The second kappa shape index (κ2) is 4.53. The number of hydrogen-bond acceptors (Lipinski definition) is 2. The fourth-order valence-corrected chi connectivity index (χ4v) is 0.930. The van der Waals surface area contributed by atoms with Gasteiger partial charge >= 0.3 is 0 Å². The van der Waals surface area contributed by atoms with Crippen LogP contribution in [-0.2, 0) is 6.54 Å². The molecule has 1 N–H and O–H groups in total. The van der Waals surface area contributed by atoms with Crippen molar-refractivity contribution in [2.45, 2.75) is 6.54 Å². The number of rotatable bonds is 3. The van der Waals surface area contributed by atoms with Crippen LogP contribution in [0.15, 0.2) is 24.3 Å². The van der Waals surface area contributed by atoms with E-state index in [4.69, 9.17) is 5.26 Å². The third-order valence-corrected chi connectivity index (χ3v) is 1.59. The van der Waals surface area contributed by atoms with Crippen LogP contribution in [0, 0.1) is 18.3 Å². The summed E-state index contributed by atoms with van der Waals surface area (Å²) in [5.41, 5.74) is 1.88. The average Bonchev–Trinajstić information content (AvgIpc) is 2.15. The minimum atomic E-state index is 0.702. The van der Waals surface area contributed by atoms with Crippen molar-refractivity contribution in [1.29, 1.82) is 5.26 Å². The molecule has 0 aromatic heterocycles. The fourth-order valence-electron chi connectivity index (χ4n) is 0.930. The molecule has 0 bridgehead atoms. The Hall–Kier alpha value is -1.33. The Labute approximate surface area is 72.8 Å². The Balaban J connectivity index is 2.60. The number of nitrogens with zero attached hydrogens (tertiary/aromatic N) is 1. The van der Waals surface area contributed by atoms with E-state index in [0.717, 1.165) is 13.1 Å². The molecular weight excluding hydrogens is 148 g/mol. The SMILES string of the molecule is [CH2]CNCc1ccc(C#N)cc1. The maximum Gasteiger partial charge on any atom is 0.0991 e. The van der Waals surface area contributed by atoms with E-state index in [1.807, 2.05) is 24.3 Å². The van der Waals surface area contributed by atoms with E-state index >= 15 is 0 Å². The van der Waals surface area contributed by atoms with E-state index in [-0.39, 0.29) is 0 Å². The number of nitrogens with one attached hydrogen (secondary N) is 1. The fraction of sp³-hybridized carbons (Fsp3) is 0.200. The monoisotopic (exact) mass is 159 g/mol. The van der Waals surface area contributed by atoms with Crippen LogP contribution in [0.25, 0.3) is 0 Å². The minimum Gasteiger partial charge on any atom is -0.313 e. The van der Waals surface area contributed by atoms with E-state index in [1.54, 1.807) is 0 Å². The van der Waals surface area contributed by atoms with Crippen molar-refractivity contribution >= 4 is 0 Å². The molecular formula is C10H11N2. The first-order valence-corrected chi connectivity index (χ1v) is 3.86. The molecule has 61 valence electrons. The Bertz CT molecular complexity index is 269. The molecule has 0 saturated heterocycles. The average molecular weight is 159 g/mol. The molecule has 0 spiro atoms. The second-order valence-electron chi connectivity index (χ2n) is 2.49. The molecule has 0 aliphatic carbocycles. The highest BCUT2D eigenvalue weighted by molar-refractivity contribution is 5.31. The second-order valence-corrected chi connectivity index (χ2v) is 2.49. The van der Waals surface area contributed by atoms with Gasteiger partial charge in [0.2, 0.25) is 0 Å². The lowest BCUT2D eigenvalue weighted by atomic mass is 10.1. The molecule has 1 radical (unpaired) electrons. The van der Waals surface area contributed by atoms with E-state index in [0.29, 0.717) is 5.56 Å². The van der Waals surface area contributed by atoms with Gasteiger partial charge in [-0.05, 0) is 31.2 Å². The van der Waals surface area contributed by atoms with Crippen LogP contribution in [0.1, 0.15) is 11.1 Å². The van der Waals surface area contributed by atoms with Gasteiger partial charge in [-0.1, -0.05) is 12.1 Å². The Morgan fingerprint density at radius 1 is 1.33 bits per heavy atom.